The maximum absolute atomic E-state index is 12.6. The smallest absolute Gasteiger partial charge is 0.323 e. The van der Waals surface area contributed by atoms with Crippen LogP contribution in [0, 0.1) is 11.8 Å². The molecule has 1 saturated carbocycles. The van der Waals surface area contributed by atoms with Gasteiger partial charge in [0, 0.05) is 24.0 Å². The second-order valence-electron chi connectivity index (χ2n) is 9.07. The molecule has 2 fully saturated rings. The molecule has 0 unspecified atom stereocenters. The molecular weight excluding hydrogens is 360 g/mol. The van der Waals surface area contributed by atoms with Crippen LogP contribution >= 0.6 is 11.8 Å². The summed E-state index contributed by atoms with van der Waals surface area (Å²) < 4.78 is 10.8. The fourth-order valence-corrected chi connectivity index (χ4v) is 5.82. The molecule has 148 valence electrons. The molecule has 2 aliphatic rings. The summed E-state index contributed by atoms with van der Waals surface area (Å²) in [6, 6.07) is 8.45. The number of benzene rings is 1. The number of cyclic esters (lactones) is 2. The molecule has 1 aromatic carbocycles. The minimum absolute atomic E-state index is 0.0421. The first kappa shape index (κ1) is 20.2. The van der Waals surface area contributed by atoms with Crippen molar-refractivity contribution in [2.45, 2.75) is 81.6 Å². The average molecular weight is 391 g/mol. The molecule has 4 nitrogen and oxygen atoms in total. The lowest BCUT2D eigenvalue weighted by Gasteiger charge is -2.40. The first-order chi connectivity index (χ1) is 12.6. The van der Waals surface area contributed by atoms with E-state index in [0.717, 1.165) is 25.7 Å². The van der Waals surface area contributed by atoms with Crippen LogP contribution in [0.4, 0.5) is 0 Å². The maximum atomic E-state index is 12.6. The van der Waals surface area contributed by atoms with Gasteiger partial charge in [0.1, 0.15) is 0 Å². The highest BCUT2D eigenvalue weighted by atomic mass is 32.2. The summed E-state index contributed by atoms with van der Waals surface area (Å²) in [6.07, 6.45) is 4.00. The van der Waals surface area contributed by atoms with Crippen molar-refractivity contribution >= 4 is 23.7 Å². The lowest BCUT2D eigenvalue weighted by molar-refractivity contribution is -0.243. The Morgan fingerprint density at radius 1 is 1.00 bits per heavy atom. The molecule has 3 rings (SSSR count). The number of carbonyl (C=O) groups excluding carboxylic acids is 2. The van der Waals surface area contributed by atoms with E-state index in [4.69, 9.17) is 9.47 Å². The fraction of sp³-hybridized carbons (Fsp3) is 0.636. The number of esters is 2. The average Bonchev–Trinajstić information content (AvgIpc) is 2.54. The van der Waals surface area contributed by atoms with E-state index in [0.29, 0.717) is 0 Å². The van der Waals surface area contributed by atoms with Crippen molar-refractivity contribution in [3.8, 4) is 0 Å². The SMILES string of the molecule is CC1(C)OC(=O)C([C@H]2CCCC[C@@H]2Sc2ccccc2C(C)(C)C)C(=O)O1. The summed E-state index contributed by atoms with van der Waals surface area (Å²) in [6.45, 7) is 9.84. The Balaban J connectivity index is 1.85. The first-order valence-corrected chi connectivity index (χ1v) is 10.7. The third-order valence-electron chi connectivity index (χ3n) is 5.36. The maximum Gasteiger partial charge on any atom is 0.323 e. The molecule has 1 saturated heterocycles. The largest absolute Gasteiger partial charge is 0.422 e. The van der Waals surface area contributed by atoms with Gasteiger partial charge in [-0.15, -0.1) is 11.8 Å². The minimum Gasteiger partial charge on any atom is -0.422 e. The highest BCUT2D eigenvalue weighted by Crippen LogP contribution is 2.45. The topological polar surface area (TPSA) is 52.6 Å². The molecular formula is C22H30O4S. The number of carbonyl (C=O) groups is 2. The fourth-order valence-electron chi connectivity index (χ4n) is 4.08. The zero-order chi connectivity index (χ0) is 19.8. The Bertz CT molecular complexity index is 699. The van der Waals surface area contributed by atoms with Gasteiger partial charge < -0.3 is 9.47 Å². The molecule has 1 aromatic rings. The minimum atomic E-state index is -1.17. The van der Waals surface area contributed by atoms with E-state index in [1.165, 1.54) is 10.5 Å². The summed E-state index contributed by atoms with van der Waals surface area (Å²) in [5.74, 6) is -2.89. The van der Waals surface area contributed by atoms with Crippen molar-refractivity contribution < 1.29 is 19.1 Å². The normalized spacial score (nSPS) is 26.4. The quantitative estimate of drug-likeness (QED) is 0.532. The Morgan fingerprint density at radius 3 is 2.22 bits per heavy atom. The van der Waals surface area contributed by atoms with Gasteiger partial charge in [0.2, 0.25) is 0 Å². The number of thioether (sulfide) groups is 1. The van der Waals surface area contributed by atoms with Crippen LogP contribution in [0.5, 0.6) is 0 Å². The predicted octanol–water partition coefficient (Wildman–Crippen LogP) is 5.09. The van der Waals surface area contributed by atoms with Crippen molar-refractivity contribution in [1.29, 1.82) is 0 Å². The monoisotopic (exact) mass is 390 g/mol. The molecule has 27 heavy (non-hydrogen) atoms. The van der Waals surface area contributed by atoms with Gasteiger partial charge in [-0.1, -0.05) is 51.8 Å². The lowest BCUT2D eigenvalue weighted by atomic mass is 9.79. The zero-order valence-corrected chi connectivity index (χ0v) is 17.7. The Labute approximate surface area is 166 Å². The van der Waals surface area contributed by atoms with Gasteiger partial charge in [-0.05, 0) is 35.8 Å². The number of hydrogen-bond donors (Lipinski definition) is 0. The summed E-state index contributed by atoms with van der Waals surface area (Å²) in [5.41, 5.74) is 1.34. The van der Waals surface area contributed by atoms with Gasteiger partial charge in [-0.2, -0.15) is 0 Å². The summed E-state index contributed by atoms with van der Waals surface area (Å²) >= 11 is 1.81. The van der Waals surface area contributed by atoms with Gasteiger partial charge in [0.15, 0.2) is 5.92 Å². The molecule has 0 aromatic heterocycles. The van der Waals surface area contributed by atoms with E-state index in [1.54, 1.807) is 13.8 Å². The van der Waals surface area contributed by atoms with Gasteiger partial charge in [0.25, 0.3) is 5.79 Å². The zero-order valence-electron chi connectivity index (χ0n) is 16.9. The summed E-state index contributed by atoms with van der Waals surface area (Å²) in [5, 5.41) is 0.202. The molecule has 1 heterocycles. The van der Waals surface area contributed by atoms with Crippen LogP contribution in [0.15, 0.2) is 29.2 Å². The van der Waals surface area contributed by atoms with Crippen LogP contribution in [-0.2, 0) is 24.5 Å². The van der Waals surface area contributed by atoms with Crippen LogP contribution in [0.3, 0.4) is 0 Å². The molecule has 0 spiro atoms. The highest BCUT2D eigenvalue weighted by Gasteiger charge is 2.49. The van der Waals surface area contributed by atoms with Gasteiger partial charge >= 0.3 is 11.9 Å². The molecule has 5 heteroatoms. The van der Waals surface area contributed by atoms with Crippen molar-refractivity contribution in [3.63, 3.8) is 0 Å². The van der Waals surface area contributed by atoms with Crippen LogP contribution < -0.4 is 0 Å². The van der Waals surface area contributed by atoms with Crippen molar-refractivity contribution in [1.82, 2.24) is 0 Å². The summed E-state index contributed by atoms with van der Waals surface area (Å²) in [7, 11) is 0. The standard InChI is InChI=1S/C22H30O4S/c1-21(2,3)15-11-7-9-13-17(15)27-16-12-8-6-10-14(16)18-19(23)25-22(4,5)26-20(18)24/h7,9,11,13-14,16,18H,6,8,10,12H2,1-5H3/t14-,16-/m0/s1. The lowest BCUT2D eigenvalue weighted by Crippen LogP contribution is -2.50. The van der Waals surface area contributed by atoms with Crippen molar-refractivity contribution in [3.05, 3.63) is 29.8 Å². The van der Waals surface area contributed by atoms with Crippen molar-refractivity contribution in [2.24, 2.45) is 11.8 Å². The molecule has 0 amide bonds. The van der Waals surface area contributed by atoms with Crippen LogP contribution in [0.25, 0.3) is 0 Å². The first-order valence-electron chi connectivity index (χ1n) is 9.80. The van der Waals surface area contributed by atoms with Gasteiger partial charge in [0.05, 0.1) is 0 Å². The van der Waals surface area contributed by atoms with Gasteiger partial charge in [-0.25, -0.2) is 0 Å². The van der Waals surface area contributed by atoms with E-state index in [9.17, 15) is 9.59 Å². The molecule has 0 N–H and O–H groups in total. The van der Waals surface area contributed by atoms with E-state index in [2.05, 4.69) is 45.0 Å². The van der Waals surface area contributed by atoms with Crippen LogP contribution in [0.1, 0.15) is 65.9 Å². The number of hydrogen-bond acceptors (Lipinski definition) is 5. The molecule has 2 atom stereocenters. The third-order valence-corrected chi connectivity index (χ3v) is 6.85. The Hall–Kier alpha value is -1.49. The molecule has 1 aliphatic carbocycles. The van der Waals surface area contributed by atoms with Crippen LogP contribution in [0.2, 0.25) is 0 Å². The highest BCUT2D eigenvalue weighted by molar-refractivity contribution is 8.00. The Kier molecular flexibility index (Phi) is 5.62. The number of ether oxygens (including phenoxy) is 2. The number of rotatable bonds is 3. The van der Waals surface area contributed by atoms with Gasteiger partial charge in [-0.3, -0.25) is 9.59 Å². The molecule has 0 bridgehead atoms. The third kappa shape index (κ3) is 4.50. The second kappa shape index (κ2) is 7.50. The predicted molar refractivity (Wildman–Crippen MR) is 106 cm³/mol. The van der Waals surface area contributed by atoms with Crippen LogP contribution in [-0.4, -0.2) is 23.0 Å². The van der Waals surface area contributed by atoms with Crippen molar-refractivity contribution in [2.75, 3.05) is 0 Å². The Morgan fingerprint density at radius 2 is 1.59 bits per heavy atom. The second-order valence-corrected chi connectivity index (χ2v) is 10.4. The molecule has 1 aliphatic heterocycles. The van der Waals surface area contributed by atoms with E-state index >= 15 is 0 Å². The van der Waals surface area contributed by atoms with E-state index in [-0.39, 0.29) is 16.6 Å². The van der Waals surface area contributed by atoms with E-state index < -0.39 is 23.6 Å². The summed E-state index contributed by atoms with van der Waals surface area (Å²) in [4.78, 5) is 26.5. The van der Waals surface area contributed by atoms with E-state index in [1.807, 2.05) is 11.8 Å². The molecule has 0 radical (unpaired) electrons.